The molecule has 1 aliphatic rings. The molecule has 0 unspecified atom stereocenters. The Labute approximate surface area is 143 Å². The molecule has 0 heterocycles. The molecule has 5 heteroatoms. The first-order chi connectivity index (χ1) is 11.6. The number of ether oxygens (including phenoxy) is 1. The second kappa shape index (κ2) is 5.65. The van der Waals surface area contributed by atoms with E-state index in [0.717, 1.165) is 22.3 Å². The lowest BCUT2D eigenvalue weighted by atomic mass is 10.1. The molecule has 1 aliphatic carbocycles. The lowest BCUT2D eigenvalue weighted by molar-refractivity contribution is -0.384. The number of hydrogen-bond acceptors (Lipinski definition) is 3. The van der Waals surface area contributed by atoms with Crippen LogP contribution in [0, 0.1) is 10.1 Å². The smallest absolute Gasteiger partial charge is 0.271 e. The Balaban J connectivity index is 1.76. The van der Waals surface area contributed by atoms with Crippen LogP contribution in [0.2, 0.25) is 5.02 Å². The van der Waals surface area contributed by atoms with Gasteiger partial charge in [0.2, 0.25) is 0 Å². The van der Waals surface area contributed by atoms with Gasteiger partial charge in [0.1, 0.15) is 5.75 Å². The van der Waals surface area contributed by atoms with E-state index in [2.05, 4.69) is 12.1 Å². The molecule has 0 aliphatic heterocycles. The van der Waals surface area contributed by atoms with Crippen LogP contribution in [0.4, 0.5) is 5.69 Å². The Kier molecular flexibility index (Phi) is 3.47. The van der Waals surface area contributed by atoms with Crippen LogP contribution in [0.3, 0.4) is 0 Å². The van der Waals surface area contributed by atoms with E-state index in [4.69, 9.17) is 16.3 Å². The van der Waals surface area contributed by atoms with Gasteiger partial charge in [0, 0.05) is 23.3 Å². The van der Waals surface area contributed by atoms with Gasteiger partial charge >= 0.3 is 0 Å². The summed E-state index contributed by atoms with van der Waals surface area (Å²) in [6.45, 7) is 0. The molecule has 0 radical (unpaired) electrons. The Morgan fingerprint density at radius 1 is 0.917 bits per heavy atom. The van der Waals surface area contributed by atoms with Crippen LogP contribution in [0.5, 0.6) is 5.75 Å². The van der Waals surface area contributed by atoms with Gasteiger partial charge in [0.15, 0.2) is 6.10 Å². The Morgan fingerprint density at radius 3 is 2.04 bits per heavy atom. The summed E-state index contributed by atoms with van der Waals surface area (Å²) in [6.07, 6.45) is -0.281. The van der Waals surface area contributed by atoms with Crippen molar-refractivity contribution < 1.29 is 9.66 Å². The molecule has 0 saturated heterocycles. The number of benzene rings is 3. The van der Waals surface area contributed by atoms with Gasteiger partial charge in [-0.3, -0.25) is 10.1 Å². The molecule has 3 aromatic rings. The van der Waals surface area contributed by atoms with Gasteiger partial charge < -0.3 is 4.74 Å². The van der Waals surface area contributed by atoms with Crippen molar-refractivity contribution in [3.05, 3.63) is 93.0 Å². The van der Waals surface area contributed by atoms with E-state index < -0.39 is 4.92 Å². The Hall–Kier alpha value is -2.85. The van der Waals surface area contributed by atoms with E-state index in [1.54, 1.807) is 6.07 Å². The third-order valence-electron chi connectivity index (χ3n) is 4.15. The number of hydrogen-bond donors (Lipinski definition) is 0. The lowest BCUT2D eigenvalue weighted by Crippen LogP contribution is -2.06. The third-order valence-corrected chi connectivity index (χ3v) is 4.44. The van der Waals surface area contributed by atoms with Crippen LogP contribution in [0.25, 0.3) is 11.1 Å². The molecule has 0 amide bonds. The molecule has 0 bridgehead atoms. The van der Waals surface area contributed by atoms with Crippen LogP contribution in [0.15, 0.2) is 66.7 Å². The van der Waals surface area contributed by atoms with Gasteiger partial charge in [-0.25, -0.2) is 0 Å². The maximum absolute atomic E-state index is 10.8. The first kappa shape index (κ1) is 14.7. The van der Waals surface area contributed by atoms with Crippen LogP contribution in [0.1, 0.15) is 17.2 Å². The zero-order chi connectivity index (χ0) is 16.7. The Bertz CT molecular complexity index is 909. The quantitative estimate of drug-likeness (QED) is 0.475. The zero-order valence-corrected chi connectivity index (χ0v) is 13.2. The average molecular weight is 338 g/mol. The van der Waals surface area contributed by atoms with Crippen molar-refractivity contribution in [1.29, 1.82) is 0 Å². The van der Waals surface area contributed by atoms with Crippen LogP contribution < -0.4 is 4.74 Å². The van der Waals surface area contributed by atoms with Crippen molar-refractivity contribution >= 4 is 17.3 Å². The van der Waals surface area contributed by atoms with Crippen molar-refractivity contribution in [2.75, 3.05) is 0 Å². The van der Waals surface area contributed by atoms with Gasteiger partial charge in [-0.15, -0.1) is 0 Å². The van der Waals surface area contributed by atoms with E-state index >= 15 is 0 Å². The number of non-ortho nitro benzene ring substituents is 1. The Morgan fingerprint density at radius 2 is 1.50 bits per heavy atom. The minimum absolute atomic E-state index is 0.0560. The van der Waals surface area contributed by atoms with Crippen LogP contribution in [-0.4, -0.2) is 4.92 Å². The van der Waals surface area contributed by atoms with Gasteiger partial charge in [0.05, 0.1) is 9.95 Å². The predicted molar refractivity (Wildman–Crippen MR) is 92.5 cm³/mol. The molecular formula is C19H12ClNO3. The molecule has 0 fully saturated rings. The minimum Gasteiger partial charge on any atom is -0.479 e. The molecule has 118 valence electrons. The predicted octanol–water partition coefficient (Wildman–Crippen LogP) is 5.40. The maximum Gasteiger partial charge on any atom is 0.271 e. The normalized spacial score (nSPS) is 12.5. The van der Waals surface area contributed by atoms with E-state index in [1.165, 1.54) is 12.1 Å². The number of halogens is 1. The third kappa shape index (κ3) is 2.32. The summed E-state index contributed by atoms with van der Waals surface area (Å²) in [5.41, 5.74) is 4.34. The highest BCUT2D eigenvalue weighted by molar-refractivity contribution is 6.32. The van der Waals surface area contributed by atoms with Gasteiger partial charge in [-0.1, -0.05) is 60.1 Å². The highest BCUT2D eigenvalue weighted by atomic mass is 35.5. The van der Waals surface area contributed by atoms with Crippen molar-refractivity contribution in [3.8, 4) is 16.9 Å². The summed E-state index contributed by atoms with van der Waals surface area (Å²) < 4.78 is 6.14. The molecule has 0 saturated carbocycles. The van der Waals surface area contributed by atoms with Crippen LogP contribution >= 0.6 is 11.6 Å². The summed E-state index contributed by atoms with van der Waals surface area (Å²) in [5.74, 6) is 0.429. The second-order valence-corrected chi connectivity index (χ2v) is 5.95. The first-order valence-electron chi connectivity index (χ1n) is 7.44. The summed E-state index contributed by atoms with van der Waals surface area (Å²) in [6, 6.07) is 20.4. The largest absolute Gasteiger partial charge is 0.479 e. The molecule has 0 atom stereocenters. The maximum atomic E-state index is 10.8. The fraction of sp³-hybridized carbons (Fsp3) is 0.0526. The summed E-state index contributed by atoms with van der Waals surface area (Å²) in [5, 5.41) is 11.1. The number of nitrogens with zero attached hydrogens (tertiary/aromatic N) is 1. The van der Waals surface area contributed by atoms with Crippen molar-refractivity contribution in [2.24, 2.45) is 0 Å². The molecule has 0 N–H and O–H groups in total. The topological polar surface area (TPSA) is 52.4 Å². The van der Waals surface area contributed by atoms with Gasteiger partial charge in [0.25, 0.3) is 5.69 Å². The van der Waals surface area contributed by atoms with E-state index in [0.29, 0.717) is 5.75 Å². The van der Waals surface area contributed by atoms with Gasteiger partial charge in [-0.05, 0) is 17.2 Å². The van der Waals surface area contributed by atoms with E-state index in [-0.39, 0.29) is 16.8 Å². The lowest BCUT2D eigenvalue weighted by Gasteiger charge is -2.17. The number of rotatable bonds is 3. The van der Waals surface area contributed by atoms with Crippen molar-refractivity contribution in [3.63, 3.8) is 0 Å². The van der Waals surface area contributed by atoms with Crippen LogP contribution in [-0.2, 0) is 0 Å². The molecule has 24 heavy (non-hydrogen) atoms. The van der Waals surface area contributed by atoms with E-state index in [9.17, 15) is 10.1 Å². The molecular weight excluding hydrogens is 326 g/mol. The second-order valence-electron chi connectivity index (χ2n) is 5.54. The monoisotopic (exact) mass is 337 g/mol. The average Bonchev–Trinajstić information content (AvgIpc) is 2.91. The van der Waals surface area contributed by atoms with Crippen molar-refractivity contribution in [2.45, 2.75) is 6.10 Å². The molecule has 3 aromatic carbocycles. The number of fused-ring (bicyclic) bond motifs is 3. The summed E-state index contributed by atoms with van der Waals surface area (Å²) >= 11 is 6.18. The van der Waals surface area contributed by atoms with E-state index in [1.807, 2.05) is 36.4 Å². The zero-order valence-electron chi connectivity index (χ0n) is 12.5. The minimum atomic E-state index is -0.476. The number of nitro benzene ring substituents is 1. The summed E-state index contributed by atoms with van der Waals surface area (Å²) in [4.78, 5) is 10.4. The highest BCUT2D eigenvalue weighted by Gasteiger charge is 2.30. The van der Waals surface area contributed by atoms with Crippen molar-refractivity contribution in [1.82, 2.24) is 0 Å². The molecule has 4 nitrogen and oxygen atoms in total. The molecule has 4 rings (SSSR count). The fourth-order valence-electron chi connectivity index (χ4n) is 3.06. The molecule has 0 aromatic heterocycles. The number of nitro groups is 1. The molecule has 0 spiro atoms. The highest BCUT2D eigenvalue weighted by Crippen LogP contribution is 2.46. The summed E-state index contributed by atoms with van der Waals surface area (Å²) in [7, 11) is 0. The van der Waals surface area contributed by atoms with Gasteiger partial charge in [-0.2, -0.15) is 0 Å². The fourth-order valence-corrected chi connectivity index (χ4v) is 3.28. The standard InChI is InChI=1S/C19H12ClNO3/c20-17-11-12(21(22)23)9-10-18(17)24-19-15-7-3-1-5-13(15)14-6-2-4-8-16(14)19/h1-11,19H. The SMILES string of the molecule is O=[N+]([O-])c1ccc(OC2c3ccccc3-c3ccccc32)c(Cl)c1. The first-order valence-corrected chi connectivity index (χ1v) is 7.82.